The molecule has 0 radical (unpaired) electrons. The average Bonchev–Trinajstić information content (AvgIpc) is 2.98. The zero-order valence-electron chi connectivity index (χ0n) is 13.2. The summed E-state index contributed by atoms with van der Waals surface area (Å²) in [5, 5.41) is 5.76. The van der Waals surface area contributed by atoms with E-state index in [4.69, 9.17) is 4.74 Å². The second-order valence-corrected chi connectivity index (χ2v) is 5.66. The van der Waals surface area contributed by atoms with Gasteiger partial charge in [0.2, 0.25) is 0 Å². The highest BCUT2D eigenvalue weighted by atomic mass is 16.5. The van der Waals surface area contributed by atoms with Gasteiger partial charge in [-0.1, -0.05) is 30.3 Å². The highest BCUT2D eigenvalue weighted by molar-refractivity contribution is 5.88. The van der Waals surface area contributed by atoms with Crippen LogP contribution in [0.25, 0.3) is 21.8 Å². The van der Waals surface area contributed by atoms with Crippen molar-refractivity contribution in [2.75, 3.05) is 12.4 Å². The zero-order chi connectivity index (χ0) is 16.5. The normalized spacial score (nSPS) is 11.0. The van der Waals surface area contributed by atoms with Gasteiger partial charge in [0.15, 0.2) is 0 Å². The molecule has 3 aromatic carbocycles. The molecule has 0 aliphatic carbocycles. The van der Waals surface area contributed by atoms with Crippen molar-refractivity contribution in [3.05, 3.63) is 70.6 Å². The minimum absolute atomic E-state index is 0.196. The molecule has 0 atom stereocenters. The number of aromatic nitrogens is 2. The topological polar surface area (TPSA) is 69.9 Å². The van der Waals surface area contributed by atoms with E-state index < -0.39 is 0 Å². The summed E-state index contributed by atoms with van der Waals surface area (Å²) in [4.78, 5) is 16.9. The van der Waals surface area contributed by atoms with E-state index in [9.17, 15) is 4.79 Å². The number of H-pyrrole nitrogens is 2. The molecule has 0 aliphatic rings. The van der Waals surface area contributed by atoms with Crippen LogP contribution in [0.3, 0.4) is 0 Å². The Bertz CT molecular complexity index is 1080. The Morgan fingerprint density at radius 1 is 1.00 bits per heavy atom. The van der Waals surface area contributed by atoms with Crippen LogP contribution < -0.4 is 15.7 Å². The Balaban J connectivity index is 1.69. The standard InChI is InChI=1S/C19H17N3O2/c1-24-18-9-6-12-4-2-3-5-14(12)15(18)11-20-13-7-8-16-17(10-13)22-19(23)21-16/h2-10,20H,11H2,1H3,(H2,21,22,23). The SMILES string of the molecule is COc1ccc2ccccc2c1CNc1ccc2[nH]c(=O)[nH]c2c1. The number of imidazole rings is 1. The van der Waals surface area contributed by atoms with Gasteiger partial charge in [0.25, 0.3) is 0 Å². The Kier molecular flexibility index (Phi) is 3.46. The molecule has 5 heteroatoms. The summed E-state index contributed by atoms with van der Waals surface area (Å²) in [6.07, 6.45) is 0. The summed E-state index contributed by atoms with van der Waals surface area (Å²) in [5.74, 6) is 0.859. The third-order valence-corrected chi connectivity index (χ3v) is 4.20. The third kappa shape index (κ3) is 2.50. The van der Waals surface area contributed by atoms with Crippen molar-refractivity contribution in [3.63, 3.8) is 0 Å². The minimum atomic E-state index is -0.196. The number of rotatable bonds is 4. The van der Waals surface area contributed by atoms with Crippen LogP contribution in [0.2, 0.25) is 0 Å². The van der Waals surface area contributed by atoms with Gasteiger partial charge in [-0.3, -0.25) is 0 Å². The number of hydrogen-bond acceptors (Lipinski definition) is 3. The highest BCUT2D eigenvalue weighted by Crippen LogP contribution is 2.29. The lowest BCUT2D eigenvalue weighted by Crippen LogP contribution is -2.02. The molecular formula is C19H17N3O2. The van der Waals surface area contributed by atoms with Crippen LogP contribution >= 0.6 is 0 Å². The molecule has 0 saturated heterocycles. The molecule has 0 spiro atoms. The fraction of sp³-hybridized carbons (Fsp3) is 0.105. The maximum atomic E-state index is 11.4. The molecule has 0 fully saturated rings. The molecule has 24 heavy (non-hydrogen) atoms. The van der Waals surface area contributed by atoms with Crippen molar-refractivity contribution in [3.8, 4) is 5.75 Å². The summed E-state index contributed by atoms with van der Waals surface area (Å²) in [6, 6.07) is 18.1. The van der Waals surface area contributed by atoms with Crippen LogP contribution in [0, 0.1) is 0 Å². The second-order valence-electron chi connectivity index (χ2n) is 5.66. The molecule has 5 nitrogen and oxygen atoms in total. The maximum absolute atomic E-state index is 11.4. The predicted molar refractivity (Wildman–Crippen MR) is 96.7 cm³/mol. The number of anilines is 1. The number of fused-ring (bicyclic) bond motifs is 2. The third-order valence-electron chi connectivity index (χ3n) is 4.20. The van der Waals surface area contributed by atoms with Crippen LogP contribution in [0.15, 0.2) is 59.4 Å². The number of nitrogens with one attached hydrogen (secondary N) is 3. The first-order valence-corrected chi connectivity index (χ1v) is 7.75. The second kappa shape index (κ2) is 5.77. The van der Waals surface area contributed by atoms with Gasteiger partial charge in [-0.05, 0) is 35.0 Å². The molecule has 0 unspecified atom stereocenters. The Hall–Kier alpha value is -3.21. The molecule has 120 valence electrons. The Labute approximate surface area is 138 Å². The van der Waals surface area contributed by atoms with Crippen LogP contribution in [0.4, 0.5) is 5.69 Å². The minimum Gasteiger partial charge on any atom is -0.496 e. The lowest BCUT2D eigenvalue weighted by molar-refractivity contribution is 0.411. The molecule has 0 aliphatic heterocycles. The fourth-order valence-electron chi connectivity index (χ4n) is 3.02. The Morgan fingerprint density at radius 2 is 1.83 bits per heavy atom. The van der Waals surface area contributed by atoms with Gasteiger partial charge < -0.3 is 20.0 Å². The largest absolute Gasteiger partial charge is 0.496 e. The van der Waals surface area contributed by atoms with E-state index in [1.807, 2.05) is 36.4 Å². The van der Waals surface area contributed by atoms with Crippen LogP contribution in [0.5, 0.6) is 5.75 Å². The summed E-state index contributed by atoms with van der Waals surface area (Å²) in [7, 11) is 1.68. The molecule has 3 N–H and O–H groups in total. The van der Waals surface area contributed by atoms with Gasteiger partial charge in [-0.15, -0.1) is 0 Å². The lowest BCUT2D eigenvalue weighted by Gasteiger charge is -2.14. The van der Waals surface area contributed by atoms with E-state index in [0.29, 0.717) is 6.54 Å². The summed E-state index contributed by atoms with van der Waals surface area (Å²) < 4.78 is 5.52. The average molecular weight is 319 g/mol. The quantitative estimate of drug-likeness (QED) is 0.538. The molecular weight excluding hydrogens is 302 g/mol. The fourth-order valence-corrected chi connectivity index (χ4v) is 3.02. The molecule has 0 amide bonds. The molecule has 1 heterocycles. The van der Waals surface area contributed by atoms with E-state index in [2.05, 4.69) is 33.5 Å². The van der Waals surface area contributed by atoms with Gasteiger partial charge in [0.05, 0.1) is 18.1 Å². The molecule has 1 aromatic heterocycles. The van der Waals surface area contributed by atoms with Crippen molar-refractivity contribution in [1.82, 2.24) is 9.97 Å². The monoisotopic (exact) mass is 319 g/mol. The first-order valence-electron chi connectivity index (χ1n) is 7.75. The Morgan fingerprint density at radius 3 is 2.71 bits per heavy atom. The van der Waals surface area contributed by atoms with Gasteiger partial charge in [0.1, 0.15) is 5.75 Å². The number of methoxy groups -OCH3 is 1. The van der Waals surface area contributed by atoms with Crippen molar-refractivity contribution < 1.29 is 4.74 Å². The van der Waals surface area contributed by atoms with Gasteiger partial charge in [0, 0.05) is 17.8 Å². The molecule has 0 bridgehead atoms. The van der Waals surface area contributed by atoms with Gasteiger partial charge in [-0.2, -0.15) is 0 Å². The summed E-state index contributed by atoms with van der Waals surface area (Å²) in [6.45, 7) is 0.630. The van der Waals surface area contributed by atoms with Gasteiger partial charge in [-0.25, -0.2) is 4.79 Å². The zero-order valence-corrected chi connectivity index (χ0v) is 13.2. The van der Waals surface area contributed by atoms with E-state index in [1.54, 1.807) is 7.11 Å². The number of hydrogen-bond donors (Lipinski definition) is 3. The van der Waals surface area contributed by atoms with E-state index in [0.717, 1.165) is 28.0 Å². The lowest BCUT2D eigenvalue weighted by atomic mass is 10.0. The smallest absolute Gasteiger partial charge is 0.323 e. The van der Waals surface area contributed by atoms with Crippen LogP contribution in [-0.4, -0.2) is 17.1 Å². The van der Waals surface area contributed by atoms with Crippen molar-refractivity contribution in [1.29, 1.82) is 0 Å². The molecule has 4 rings (SSSR count). The van der Waals surface area contributed by atoms with Gasteiger partial charge >= 0.3 is 5.69 Å². The van der Waals surface area contributed by atoms with E-state index >= 15 is 0 Å². The van der Waals surface area contributed by atoms with E-state index in [-0.39, 0.29) is 5.69 Å². The van der Waals surface area contributed by atoms with Crippen LogP contribution in [0.1, 0.15) is 5.56 Å². The van der Waals surface area contributed by atoms with Crippen molar-refractivity contribution in [2.24, 2.45) is 0 Å². The molecule has 0 saturated carbocycles. The van der Waals surface area contributed by atoms with Crippen LogP contribution in [-0.2, 0) is 6.54 Å². The molecule has 4 aromatic rings. The number of ether oxygens (including phenoxy) is 1. The van der Waals surface area contributed by atoms with Crippen molar-refractivity contribution >= 4 is 27.5 Å². The van der Waals surface area contributed by atoms with E-state index in [1.165, 1.54) is 10.8 Å². The number of aromatic amines is 2. The summed E-state index contributed by atoms with van der Waals surface area (Å²) in [5.41, 5.74) is 3.44. The number of benzene rings is 3. The van der Waals surface area contributed by atoms with Crippen molar-refractivity contribution in [2.45, 2.75) is 6.54 Å². The predicted octanol–water partition coefficient (Wildman–Crippen LogP) is 3.63. The maximum Gasteiger partial charge on any atom is 0.323 e. The first-order chi connectivity index (χ1) is 11.7. The first kappa shape index (κ1) is 14.4. The highest BCUT2D eigenvalue weighted by Gasteiger charge is 2.08. The summed E-state index contributed by atoms with van der Waals surface area (Å²) >= 11 is 0.